The van der Waals surface area contributed by atoms with Crippen molar-refractivity contribution >= 4 is 29.4 Å². The van der Waals surface area contributed by atoms with Crippen molar-refractivity contribution < 1.29 is 28.2 Å². The third kappa shape index (κ3) is 4.17. The number of carboxylic acids is 1. The van der Waals surface area contributed by atoms with Crippen LogP contribution in [-0.4, -0.2) is 35.7 Å². The summed E-state index contributed by atoms with van der Waals surface area (Å²) < 4.78 is 34.6. The Kier molecular flexibility index (Phi) is 5.58. The predicted molar refractivity (Wildman–Crippen MR) is 96.7 cm³/mol. The fourth-order valence-electron chi connectivity index (χ4n) is 3.11. The molecule has 7 heteroatoms. The van der Waals surface area contributed by atoms with Crippen molar-refractivity contribution in [3.8, 4) is 0 Å². The van der Waals surface area contributed by atoms with E-state index in [1.54, 1.807) is 24.3 Å². The Morgan fingerprint density at radius 1 is 1.22 bits per heavy atom. The number of aliphatic carboxylic acids is 1. The van der Waals surface area contributed by atoms with Crippen LogP contribution in [0.3, 0.4) is 0 Å². The highest BCUT2D eigenvalue weighted by Crippen LogP contribution is 2.36. The number of hydrogen-bond acceptors (Lipinski definition) is 3. The van der Waals surface area contributed by atoms with E-state index in [2.05, 4.69) is 0 Å². The van der Waals surface area contributed by atoms with Gasteiger partial charge in [0, 0.05) is 29.0 Å². The van der Waals surface area contributed by atoms with Gasteiger partial charge in [-0.1, -0.05) is 29.8 Å². The largest absolute Gasteiger partial charge is 0.481 e. The molecule has 1 N–H and O–H groups in total. The van der Waals surface area contributed by atoms with E-state index in [-0.39, 0.29) is 37.2 Å². The highest BCUT2D eigenvalue weighted by atomic mass is 35.5. The molecule has 1 aromatic rings. The SMILES string of the molecule is O=C(O)C1C=C(C(=O)C2(F)CCOCC2)C=C(F)C1=Cc1ccc(Cl)cc1. The summed E-state index contributed by atoms with van der Waals surface area (Å²) >= 11 is 5.81. The van der Waals surface area contributed by atoms with Crippen LogP contribution in [0.15, 0.2) is 53.4 Å². The lowest BCUT2D eigenvalue weighted by Crippen LogP contribution is -2.41. The maximum atomic E-state index is 14.9. The molecule has 4 nitrogen and oxygen atoms in total. The second-order valence-corrected chi connectivity index (χ2v) is 6.92. The molecule has 2 aliphatic rings. The molecule has 1 aromatic carbocycles. The maximum Gasteiger partial charge on any atom is 0.315 e. The molecule has 3 rings (SSSR count). The van der Waals surface area contributed by atoms with E-state index in [1.807, 2.05) is 0 Å². The Morgan fingerprint density at radius 3 is 2.44 bits per heavy atom. The molecule has 1 heterocycles. The van der Waals surface area contributed by atoms with Crippen molar-refractivity contribution in [2.24, 2.45) is 5.92 Å². The monoisotopic (exact) mass is 394 g/mol. The predicted octanol–water partition coefficient (Wildman–Crippen LogP) is 4.31. The molecule has 0 spiro atoms. The number of Topliss-reactive ketones (excluding diaryl/α,β-unsaturated/α-hetero) is 1. The number of allylic oxidation sites excluding steroid dienone is 3. The first-order valence-corrected chi connectivity index (χ1v) is 8.79. The van der Waals surface area contributed by atoms with E-state index in [1.165, 1.54) is 6.08 Å². The van der Waals surface area contributed by atoms with Crippen molar-refractivity contribution in [1.29, 1.82) is 0 Å². The van der Waals surface area contributed by atoms with Crippen molar-refractivity contribution in [3.05, 3.63) is 64.0 Å². The standard InChI is InChI=1S/C20H17ClF2O4/c21-14-3-1-12(2-4-14)9-15-16(19(25)26)10-13(11-17(15)22)18(24)20(23)5-7-27-8-6-20/h1-4,9-11,16H,5-8H2,(H,25,26). The number of carbonyl (C=O) groups excluding carboxylic acids is 1. The molecule has 1 unspecified atom stereocenters. The lowest BCUT2D eigenvalue weighted by atomic mass is 9.81. The zero-order valence-electron chi connectivity index (χ0n) is 14.3. The average molecular weight is 395 g/mol. The fourth-order valence-corrected chi connectivity index (χ4v) is 3.24. The van der Waals surface area contributed by atoms with Crippen LogP contribution >= 0.6 is 11.6 Å². The molecule has 27 heavy (non-hydrogen) atoms. The number of ether oxygens (including phenoxy) is 1. The fraction of sp³-hybridized carbons (Fsp3) is 0.300. The van der Waals surface area contributed by atoms with E-state index in [9.17, 15) is 23.5 Å². The summed E-state index contributed by atoms with van der Waals surface area (Å²) in [6, 6.07) is 6.42. The number of hydrogen-bond donors (Lipinski definition) is 1. The van der Waals surface area contributed by atoms with Gasteiger partial charge in [0.05, 0.1) is 13.2 Å². The smallest absolute Gasteiger partial charge is 0.315 e. The molecule has 142 valence electrons. The van der Waals surface area contributed by atoms with Crippen molar-refractivity contribution in [3.63, 3.8) is 0 Å². The second-order valence-electron chi connectivity index (χ2n) is 6.49. The molecule has 0 bridgehead atoms. The number of carbonyl (C=O) groups is 2. The van der Waals surface area contributed by atoms with Crippen LogP contribution in [-0.2, 0) is 14.3 Å². The third-order valence-corrected chi connectivity index (χ3v) is 4.90. The Balaban J connectivity index is 1.95. The summed E-state index contributed by atoms with van der Waals surface area (Å²) in [5.74, 6) is -4.51. The number of halogens is 3. The molecule has 0 saturated carbocycles. The minimum atomic E-state index is -2.17. The minimum absolute atomic E-state index is 0.0891. The number of alkyl halides is 1. The average Bonchev–Trinajstić information content (AvgIpc) is 2.64. The Labute approximate surface area is 159 Å². The van der Waals surface area contributed by atoms with Crippen LogP contribution in [0.4, 0.5) is 8.78 Å². The first-order valence-electron chi connectivity index (χ1n) is 8.41. The third-order valence-electron chi connectivity index (χ3n) is 4.65. The minimum Gasteiger partial charge on any atom is -0.481 e. The van der Waals surface area contributed by atoms with E-state index in [0.29, 0.717) is 10.6 Å². The summed E-state index contributed by atoms with van der Waals surface area (Å²) in [6.45, 7) is 0.178. The Morgan fingerprint density at radius 2 is 1.85 bits per heavy atom. The molecule has 1 aliphatic carbocycles. The van der Waals surface area contributed by atoms with Gasteiger partial charge in [0.1, 0.15) is 11.7 Å². The van der Waals surface area contributed by atoms with Gasteiger partial charge in [-0.05, 0) is 29.8 Å². The first kappa shape index (κ1) is 19.5. The van der Waals surface area contributed by atoms with E-state index in [4.69, 9.17) is 16.3 Å². The van der Waals surface area contributed by atoms with Crippen LogP contribution in [0.5, 0.6) is 0 Å². The zero-order valence-corrected chi connectivity index (χ0v) is 15.0. The topological polar surface area (TPSA) is 63.6 Å². The number of ketones is 1. The number of rotatable bonds is 4. The van der Waals surface area contributed by atoms with Gasteiger partial charge in [-0.25, -0.2) is 8.78 Å². The first-order chi connectivity index (χ1) is 12.8. The molecule has 1 saturated heterocycles. The summed E-state index contributed by atoms with van der Waals surface area (Å²) in [7, 11) is 0. The van der Waals surface area contributed by atoms with Gasteiger partial charge in [0.2, 0.25) is 0 Å². The number of carboxylic acid groups (broad SMARTS) is 1. The molecule has 1 aliphatic heterocycles. The van der Waals surface area contributed by atoms with Gasteiger partial charge in [-0.2, -0.15) is 0 Å². The summed E-state index contributed by atoms with van der Waals surface area (Å²) in [4.78, 5) is 24.2. The molecule has 0 aromatic heterocycles. The number of benzene rings is 1. The lowest BCUT2D eigenvalue weighted by molar-refractivity contribution is -0.138. The zero-order chi connectivity index (χ0) is 19.6. The maximum absolute atomic E-state index is 14.9. The molecular formula is C20H17ClF2O4. The van der Waals surface area contributed by atoms with Gasteiger partial charge >= 0.3 is 5.97 Å². The normalized spacial score (nSPS) is 23.5. The van der Waals surface area contributed by atoms with Gasteiger partial charge in [-0.15, -0.1) is 0 Å². The Bertz CT molecular complexity index is 849. The van der Waals surface area contributed by atoms with Gasteiger partial charge in [0.25, 0.3) is 0 Å². The van der Waals surface area contributed by atoms with E-state index < -0.39 is 29.2 Å². The molecular weight excluding hydrogens is 378 g/mol. The van der Waals surface area contributed by atoms with Gasteiger partial charge < -0.3 is 9.84 Å². The van der Waals surface area contributed by atoms with Crippen LogP contribution in [0.25, 0.3) is 6.08 Å². The lowest BCUT2D eigenvalue weighted by Gasteiger charge is -2.29. The molecule has 1 fully saturated rings. The second kappa shape index (κ2) is 7.74. The van der Waals surface area contributed by atoms with Crippen molar-refractivity contribution in [2.75, 3.05) is 13.2 Å². The highest BCUT2D eigenvalue weighted by Gasteiger charge is 2.42. The highest BCUT2D eigenvalue weighted by molar-refractivity contribution is 6.30. The van der Waals surface area contributed by atoms with Crippen molar-refractivity contribution in [1.82, 2.24) is 0 Å². The summed E-state index contributed by atoms with van der Waals surface area (Å²) in [6.07, 6.45) is 3.11. The van der Waals surface area contributed by atoms with E-state index >= 15 is 0 Å². The Hall–Kier alpha value is -2.31. The molecule has 0 amide bonds. The molecule has 1 atom stereocenters. The van der Waals surface area contributed by atoms with Gasteiger partial charge in [0.15, 0.2) is 11.5 Å². The quantitative estimate of drug-likeness (QED) is 0.826. The van der Waals surface area contributed by atoms with E-state index in [0.717, 1.165) is 12.2 Å². The van der Waals surface area contributed by atoms with Crippen LogP contribution in [0, 0.1) is 5.92 Å². The summed E-state index contributed by atoms with van der Waals surface area (Å²) in [5.41, 5.74) is -1.99. The van der Waals surface area contributed by atoms with Crippen molar-refractivity contribution in [2.45, 2.75) is 18.5 Å². The van der Waals surface area contributed by atoms with Crippen LogP contribution < -0.4 is 0 Å². The van der Waals surface area contributed by atoms with Crippen LogP contribution in [0.2, 0.25) is 5.02 Å². The van der Waals surface area contributed by atoms with Crippen LogP contribution in [0.1, 0.15) is 18.4 Å². The molecule has 0 radical (unpaired) electrons. The van der Waals surface area contributed by atoms with Gasteiger partial charge in [-0.3, -0.25) is 9.59 Å². The summed E-state index contributed by atoms with van der Waals surface area (Å²) in [5, 5.41) is 9.99.